The average molecular weight is 575 g/mol. The molecule has 6 nitrogen and oxygen atoms in total. The van der Waals surface area contributed by atoms with Gasteiger partial charge in [0, 0.05) is 43.7 Å². The smallest absolute Gasteiger partial charge is 0.251 e. The molecule has 0 saturated carbocycles. The van der Waals surface area contributed by atoms with Crippen molar-refractivity contribution in [2.45, 2.75) is 43.7 Å². The van der Waals surface area contributed by atoms with Gasteiger partial charge in [-0.05, 0) is 66.4 Å². The van der Waals surface area contributed by atoms with Gasteiger partial charge < -0.3 is 20.4 Å². The number of fused-ring (bicyclic) bond motifs is 1. The molecule has 2 amide bonds. The lowest BCUT2D eigenvalue weighted by molar-refractivity contribution is -0.133. The van der Waals surface area contributed by atoms with E-state index in [9.17, 15) is 9.59 Å². The third-order valence-electron chi connectivity index (χ3n) is 9.01. The monoisotopic (exact) mass is 574 g/mol. The standard InChI is InChI=1S/C37H42N4O2/c42-36(32-19-18-28-12-8-9-17-31(28)24-32)38-25-33-20-23-41(37(43)35(39-33)27-40-21-10-3-11-22-40)26-34(29-13-4-1-5-14-29)30-15-6-2-7-16-30/h1-2,4-9,12-19,24,33-35,39H,3,10-11,20-23,25-27H2,(H,38,42)/t33-,35-/m0/s1. The third kappa shape index (κ3) is 7.32. The van der Waals surface area contributed by atoms with E-state index in [0.29, 0.717) is 31.7 Å². The van der Waals surface area contributed by atoms with Gasteiger partial charge in [0.2, 0.25) is 5.91 Å². The van der Waals surface area contributed by atoms with Gasteiger partial charge >= 0.3 is 0 Å². The van der Waals surface area contributed by atoms with Crippen LogP contribution < -0.4 is 10.6 Å². The van der Waals surface area contributed by atoms with E-state index in [1.807, 2.05) is 48.5 Å². The number of amides is 2. The molecule has 2 atom stereocenters. The molecule has 2 saturated heterocycles. The largest absolute Gasteiger partial charge is 0.350 e. The van der Waals surface area contributed by atoms with E-state index in [1.54, 1.807) is 0 Å². The number of nitrogens with one attached hydrogen (secondary N) is 2. The van der Waals surface area contributed by atoms with Crippen LogP contribution in [-0.4, -0.2) is 73.0 Å². The van der Waals surface area contributed by atoms with Gasteiger partial charge in [-0.1, -0.05) is 97.4 Å². The number of benzene rings is 4. The Morgan fingerprint density at radius 3 is 2.14 bits per heavy atom. The summed E-state index contributed by atoms with van der Waals surface area (Å²) in [5.41, 5.74) is 3.08. The molecule has 0 bridgehead atoms. The molecule has 222 valence electrons. The molecule has 6 rings (SSSR count). The van der Waals surface area contributed by atoms with Crippen LogP contribution in [0, 0.1) is 0 Å². The van der Waals surface area contributed by atoms with Crippen molar-refractivity contribution in [3.63, 3.8) is 0 Å². The first-order chi connectivity index (χ1) is 21.1. The molecule has 2 fully saturated rings. The molecule has 6 heteroatoms. The van der Waals surface area contributed by atoms with Crippen LogP contribution in [0.5, 0.6) is 0 Å². The summed E-state index contributed by atoms with van der Waals surface area (Å²) in [5, 5.41) is 9.02. The first kappa shape index (κ1) is 29.1. The van der Waals surface area contributed by atoms with Gasteiger partial charge in [-0.2, -0.15) is 0 Å². The van der Waals surface area contributed by atoms with E-state index in [1.165, 1.54) is 30.4 Å². The van der Waals surface area contributed by atoms with Crippen molar-refractivity contribution >= 4 is 22.6 Å². The van der Waals surface area contributed by atoms with Crippen LogP contribution in [0.15, 0.2) is 103 Å². The number of nitrogens with zero attached hydrogens (tertiary/aromatic N) is 2. The van der Waals surface area contributed by atoms with Crippen molar-refractivity contribution in [1.29, 1.82) is 0 Å². The van der Waals surface area contributed by atoms with Crippen molar-refractivity contribution in [1.82, 2.24) is 20.4 Å². The van der Waals surface area contributed by atoms with Gasteiger partial charge in [0.15, 0.2) is 0 Å². The molecule has 0 aromatic heterocycles. The first-order valence-electron chi connectivity index (χ1n) is 15.8. The third-order valence-corrected chi connectivity index (χ3v) is 9.01. The zero-order chi connectivity index (χ0) is 29.4. The lowest BCUT2D eigenvalue weighted by Gasteiger charge is -2.33. The average Bonchev–Trinajstić information content (AvgIpc) is 3.21. The summed E-state index contributed by atoms with van der Waals surface area (Å²) in [7, 11) is 0. The van der Waals surface area contributed by atoms with Crippen LogP contribution in [0.1, 0.15) is 53.1 Å². The summed E-state index contributed by atoms with van der Waals surface area (Å²) in [5.74, 6) is 0.165. The Morgan fingerprint density at radius 2 is 1.44 bits per heavy atom. The second-order valence-corrected chi connectivity index (χ2v) is 12.0. The normalized spacial score (nSPS) is 19.8. The summed E-state index contributed by atoms with van der Waals surface area (Å²) in [6, 6.07) is 34.6. The van der Waals surface area contributed by atoms with Gasteiger partial charge in [0.05, 0.1) is 6.04 Å². The summed E-state index contributed by atoms with van der Waals surface area (Å²) in [4.78, 5) is 31.9. The minimum atomic E-state index is -0.310. The van der Waals surface area contributed by atoms with E-state index in [0.717, 1.165) is 30.3 Å². The molecule has 2 aliphatic rings. The minimum Gasteiger partial charge on any atom is -0.350 e. The molecule has 2 N–H and O–H groups in total. The SMILES string of the molecule is O=C(NC[C@@H]1CCN(CC(c2ccccc2)c2ccccc2)C(=O)[C@H](CN2CCCCC2)N1)c1ccc2ccccc2c1. The summed E-state index contributed by atoms with van der Waals surface area (Å²) in [6.07, 6.45) is 4.39. The Morgan fingerprint density at radius 1 is 0.791 bits per heavy atom. The lowest BCUT2D eigenvalue weighted by atomic mass is 9.90. The van der Waals surface area contributed by atoms with Crippen molar-refractivity contribution in [3.8, 4) is 0 Å². The van der Waals surface area contributed by atoms with E-state index in [2.05, 4.69) is 75.0 Å². The number of carbonyl (C=O) groups excluding carboxylic acids is 2. The zero-order valence-corrected chi connectivity index (χ0v) is 24.8. The van der Waals surface area contributed by atoms with E-state index < -0.39 is 0 Å². The summed E-state index contributed by atoms with van der Waals surface area (Å²) >= 11 is 0. The maximum absolute atomic E-state index is 14.2. The van der Waals surface area contributed by atoms with E-state index in [-0.39, 0.29) is 29.8 Å². The Balaban J connectivity index is 1.19. The highest BCUT2D eigenvalue weighted by atomic mass is 16.2. The number of piperidine rings is 1. The second-order valence-electron chi connectivity index (χ2n) is 12.0. The number of rotatable bonds is 9. The van der Waals surface area contributed by atoms with Crippen LogP contribution in [0.4, 0.5) is 0 Å². The van der Waals surface area contributed by atoms with Gasteiger partial charge in [-0.25, -0.2) is 0 Å². The fourth-order valence-electron chi connectivity index (χ4n) is 6.60. The molecule has 4 aromatic carbocycles. The van der Waals surface area contributed by atoms with Gasteiger partial charge in [-0.3, -0.25) is 9.59 Å². The van der Waals surface area contributed by atoms with Gasteiger partial charge in [0.25, 0.3) is 5.91 Å². The van der Waals surface area contributed by atoms with Crippen molar-refractivity contribution in [2.24, 2.45) is 0 Å². The highest BCUT2D eigenvalue weighted by Gasteiger charge is 2.34. The van der Waals surface area contributed by atoms with Crippen molar-refractivity contribution in [2.75, 3.05) is 39.3 Å². The molecular weight excluding hydrogens is 532 g/mol. The van der Waals surface area contributed by atoms with Crippen molar-refractivity contribution < 1.29 is 9.59 Å². The molecule has 0 radical (unpaired) electrons. The Kier molecular flexibility index (Phi) is 9.46. The van der Waals surface area contributed by atoms with Crippen LogP contribution in [0.3, 0.4) is 0 Å². The fraction of sp³-hybridized carbons (Fsp3) is 0.351. The van der Waals surface area contributed by atoms with Crippen LogP contribution in [-0.2, 0) is 4.79 Å². The van der Waals surface area contributed by atoms with Crippen LogP contribution in [0.25, 0.3) is 10.8 Å². The van der Waals surface area contributed by atoms with Crippen LogP contribution in [0.2, 0.25) is 0 Å². The highest BCUT2D eigenvalue weighted by Crippen LogP contribution is 2.27. The van der Waals surface area contributed by atoms with Gasteiger partial charge in [-0.15, -0.1) is 0 Å². The van der Waals surface area contributed by atoms with Crippen LogP contribution >= 0.6 is 0 Å². The number of carbonyl (C=O) groups is 2. The zero-order valence-electron chi connectivity index (χ0n) is 24.8. The quantitative estimate of drug-likeness (QED) is 0.279. The first-order valence-corrected chi connectivity index (χ1v) is 15.8. The molecule has 2 aliphatic heterocycles. The Bertz CT molecular complexity index is 1460. The molecule has 0 spiro atoms. The molecule has 0 aliphatic carbocycles. The minimum absolute atomic E-state index is 0.0000440. The summed E-state index contributed by atoms with van der Waals surface area (Å²) < 4.78 is 0. The van der Waals surface area contributed by atoms with Gasteiger partial charge in [0.1, 0.15) is 0 Å². The second kappa shape index (κ2) is 14.0. The Hall–Kier alpha value is -4.00. The topological polar surface area (TPSA) is 64.7 Å². The van der Waals surface area contributed by atoms with E-state index in [4.69, 9.17) is 0 Å². The molecule has 2 heterocycles. The molecule has 43 heavy (non-hydrogen) atoms. The van der Waals surface area contributed by atoms with Crippen molar-refractivity contribution in [3.05, 3.63) is 120 Å². The maximum atomic E-state index is 14.2. The molecular formula is C37H42N4O2. The Labute approximate surface area is 255 Å². The number of likely N-dealkylation sites (tertiary alicyclic amines) is 1. The molecule has 0 unspecified atom stereocenters. The molecule has 4 aromatic rings. The predicted octanol–water partition coefficient (Wildman–Crippen LogP) is 5.45. The number of hydrogen-bond acceptors (Lipinski definition) is 4. The maximum Gasteiger partial charge on any atom is 0.251 e. The number of hydrogen-bond donors (Lipinski definition) is 2. The van der Waals surface area contributed by atoms with E-state index >= 15 is 0 Å². The lowest BCUT2D eigenvalue weighted by Crippen LogP contribution is -2.54. The fourth-order valence-corrected chi connectivity index (χ4v) is 6.60. The highest BCUT2D eigenvalue weighted by molar-refractivity contribution is 5.98. The predicted molar refractivity (Wildman–Crippen MR) is 173 cm³/mol. The summed E-state index contributed by atoms with van der Waals surface area (Å²) in [6.45, 7) is 4.52.